The molecule has 1 fully saturated rings. The van der Waals surface area contributed by atoms with E-state index < -0.39 is 0 Å². The fraction of sp³-hybridized carbons (Fsp3) is 0.500. The summed E-state index contributed by atoms with van der Waals surface area (Å²) in [6, 6.07) is 6.16. The molecule has 5 nitrogen and oxygen atoms in total. The van der Waals surface area contributed by atoms with Crippen molar-refractivity contribution in [3.8, 4) is 0 Å². The van der Waals surface area contributed by atoms with E-state index in [-0.39, 0.29) is 0 Å². The molecule has 0 unspecified atom stereocenters. The van der Waals surface area contributed by atoms with E-state index in [1.165, 1.54) is 12.0 Å². The van der Waals surface area contributed by atoms with E-state index in [0.29, 0.717) is 0 Å². The number of aromatic nitrogens is 1. The first-order valence-corrected chi connectivity index (χ1v) is 6.88. The molecule has 0 radical (unpaired) electrons. The highest BCUT2D eigenvalue weighted by atomic mass is 16.3. The number of benzene rings is 1. The van der Waals surface area contributed by atoms with Crippen LogP contribution in [0, 0.1) is 0 Å². The van der Waals surface area contributed by atoms with Crippen molar-refractivity contribution in [1.82, 2.24) is 20.5 Å². The predicted molar refractivity (Wildman–Crippen MR) is 75.0 cm³/mol. The SMILES string of the molecule is c1nc2ccc(CNCCN3CCNCC3)cc2o1. The lowest BCUT2D eigenvalue weighted by atomic mass is 10.2. The van der Waals surface area contributed by atoms with E-state index in [2.05, 4.69) is 32.7 Å². The van der Waals surface area contributed by atoms with Crippen LogP contribution >= 0.6 is 0 Å². The first-order valence-electron chi connectivity index (χ1n) is 6.88. The van der Waals surface area contributed by atoms with Gasteiger partial charge in [0.15, 0.2) is 12.0 Å². The molecule has 0 bridgehead atoms. The van der Waals surface area contributed by atoms with Crippen LogP contribution in [-0.2, 0) is 6.54 Å². The zero-order chi connectivity index (χ0) is 12.9. The van der Waals surface area contributed by atoms with Gasteiger partial charge in [-0.2, -0.15) is 0 Å². The normalized spacial score (nSPS) is 17.1. The molecule has 102 valence electrons. The summed E-state index contributed by atoms with van der Waals surface area (Å²) in [5.74, 6) is 0. The number of nitrogens with zero attached hydrogens (tertiary/aromatic N) is 2. The van der Waals surface area contributed by atoms with Crippen molar-refractivity contribution in [3.63, 3.8) is 0 Å². The van der Waals surface area contributed by atoms with Crippen LogP contribution in [0.3, 0.4) is 0 Å². The summed E-state index contributed by atoms with van der Waals surface area (Å²) in [5.41, 5.74) is 3.02. The highest BCUT2D eigenvalue weighted by Gasteiger charge is 2.08. The molecular weight excluding hydrogens is 240 g/mol. The van der Waals surface area contributed by atoms with Gasteiger partial charge in [0.25, 0.3) is 0 Å². The van der Waals surface area contributed by atoms with Crippen LogP contribution in [0.4, 0.5) is 0 Å². The molecular formula is C14H20N4O. The summed E-state index contributed by atoms with van der Waals surface area (Å²) in [5, 5.41) is 6.85. The average Bonchev–Trinajstić information content (AvgIpc) is 2.92. The highest BCUT2D eigenvalue weighted by Crippen LogP contribution is 2.13. The molecule has 1 aliphatic rings. The molecule has 0 aliphatic carbocycles. The van der Waals surface area contributed by atoms with Gasteiger partial charge in [-0.05, 0) is 17.7 Å². The number of fused-ring (bicyclic) bond motifs is 1. The van der Waals surface area contributed by atoms with Crippen molar-refractivity contribution in [2.75, 3.05) is 39.3 Å². The Morgan fingerprint density at radius 1 is 1.32 bits per heavy atom. The Bertz CT molecular complexity index is 519. The van der Waals surface area contributed by atoms with Crippen molar-refractivity contribution in [3.05, 3.63) is 30.2 Å². The Morgan fingerprint density at radius 2 is 2.21 bits per heavy atom. The molecule has 0 spiro atoms. The molecule has 1 aromatic carbocycles. The Kier molecular flexibility index (Phi) is 4.07. The largest absolute Gasteiger partial charge is 0.443 e. The lowest BCUT2D eigenvalue weighted by molar-refractivity contribution is 0.241. The minimum absolute atomic E-state index is 0.862. The third kappa shape index (κ3) is 3.32. The van der Waals surface area contributed by atoms with Crippen molar-refractivity contribution in [2.45, 2.75) is 6.54 Å². The molecule has 1 aliphatic heterocycles. The Morgan fingerprint density at radius 3 is 3.11 bits per heavy atom. The topological polar surface area (TPSA) is 53.3 Å². The second-order valence-corrected chi connectivity index (χ2v) is 4.92. The van der Waals surface area contributed by atoms with Crippen LogP contribution in [0.1, 0.15) is 5.56 Å². The number of hydrogen-bond acceptors (Lipinski definition) is 5. The minimum Gasteiger partial charge on any atom is -0.443 e. The standard InChI is InChI=1S/C14H20N4O/c1-2-13-14(19-11-17-13)9-12(1)10-16-5-8-18-6-3-15-4-7-18/h1-2,9,11,15-16H,3-8,10H2. The molecule has 2 heterocycles. The lowest BCUT2D eigenvalue weighted by Crippen LogP contribution is -2.45. The maximum atomic E-state index is 5.31. The van der Waals surface area contributed by atoms with Gasteiger partial charge in [0, 0.05) is 45.8 Å². The van der Waals surface area contributed by atoms with Crippen LogP contribution < -0.4 is 10.6 Å². The van der Waals surface area contributed by atoms with E-state index in [9.17, 15) is 0 Å². The van der Waals surface area contributed by atoms with Gasteiger partial charge in [-0.1, -0.05) is 6.07 Å². The molecule has 5 heteroatoms. The van der Waals surface area contributed by atoms with Gasteiger partial charge in [0.05, 0.1) is 0 Å². The Labute approximate surface area is 113 Å². The van der Waals surface area contributed by atoms with Crippen LogP contribution in [0.2, 0.25) is 0 Å². The van der Waals surface area contributed by atoms with Gasteiger partial charge >= 0.3 is 0 Å². The quantitative estimate of drug-likeness (QED) is 0.780. The van der Waals surface area contributed by atoms with Gasteiger partial charge in [0.1, 0.15) is 5.52 Å². The van der Waals surface area contributed by atoms with Crippen LogP contribution in [-0.4, -0.2) is 49.2 Å². The molecule has 1 saturated heterocycles. The highest BCUT2D eigenvalue weighted by molar-refractivity contribution is 5.72. The van der Waals surface area contributed by atoms with Crippen molar-refractivity contribution < 1.29 is 4.42 Å². The monoisotopic (exact) mass is 260 g/mol. The van der Waals surface area contributed by atoms with E-state index >= 15 is 0 Å². The molecule has 19 heavy (non-hydrogen) atoms. The molecule has 0 amide bonds. The maximum absolute atomic E-state index is 5.31. The lowest BCUT2D eigenvalue weighted by Gasteiger charge is -2.27. The molecule has 2 N–H and O–H groups in total. The molecule has 1 aromatic heterocycles. The third-order valence-corrected chi connectivity index (χ3v) is 3.54. The van der Waals surface area contributed by atoms with Crippen LogP contribution in [0.15, 0.2) is 29.0 Å². The summed E-state index contributed by atoms with van der Waals surface area (Å²) < 4.78 is 5.31. The number of rotatable bonds is 5. The van der Waals surface area contributed by atoms with Crippen LogP contribution in [0.25, 0.3) is 11.1 Å². The van der Waals surface area contributed by atoms with E-state index in [1.54, 1.807) is 0 Å². The third-order valence-electron chi connectivity index (χ3n) is 3.54. The second kappa shape index (κ2) is 6.14. The van der Waals surface area contributed by atoms with Gasteiger partial charge in [0.2, 0.25) is 0 Å². The summed E-state index contributed by atoms with van der Waals surface area (Å²) in [6.45, 7) is 7.56. The zero-order valence-electron chi connectivity index (χ0n) is 11.1. The fourth-order valence-electron chi connectivity index (χ4n) is 2.41. The maximum Gasteiger partial charge on any atom is 0.181 e. The number of piperazine rings is 1. The van der Waals surface area contributed by atoms with Gasteiger partial charge < -0.3 is 15.1 Å². The molecule has 3 rings (SSSR count). The zero-order valence-corrected chi connectivity index (χ0v) is 11.1. The summed E-state index contributed by atoms with van der Waals surface area (Å²) in [6.07, 6.45) is 1.49. The van der Waals surface area contributed by atoms with Crippen molar-refractivity contribution in [2.24, 2.45) is 0 Å². The molecule has 2 aromatic rings. The summed E-state index contributed by atoms with van der Waals surface area (Å²) in [4.78, 5) is 6.61. The Hall–Kier alpha value is -1.43. The average molecular weight is 260 g/mol. The minimum atomic E-state index is 0.862. The summed E-state index contributed by atoms with van der Waals surface area (Å²) >= 11 is 0. The van der Waals surface area contributed by atoms with E-state index in [1.807, 2.05) is 6.07 Å². The van der Waals surface area contributed by atoms with E-state index in [0.717, 1.165) is 56.9 Å². The first-order chi connectivity index (χ1) is 9.42. The van der Waals surface area contributed by atoms with Crippen molar-refractivity contribution in [1.29, 1.82) is 0 Å². The van der Waals surface area contributed by atoms with Crippen LogP contribution in [0.5, 0.6) is 0 Å². The molecule has 0 saturated carbocycles. The fourth-order valence-corrected chi connectivity index (χ4v) is 2.41. The Balaban J connectivity index is 1.43. The number of hydrogen-bond donors (Lipinski definition) is 2. The van der Waals surface area contributed by atoms with Crippen molar-refractivity contribution >= 4 is 11.1 Å². The van der Waals surface area contributed by atoms with Gasteiger partial charge in [-0.25, -0.2) is 4.98 Å². The number of nitrogens with one attached hydrogen (secondary N) is 2. The predicted octanol–water partition coefficient (Wildman–Crippen LogP) is 0.823. The molecule has 0 atom stereocenters. The van der Waals surface area contributed by atoms with E-state index in [4.69, 9.17) is 4.42 Å². The first kappa shape index (κ1) is 12.6. The second-order valence-electron chi connectivity index (χ2n) is 4.92. The smallest absolute Gasteiger partial charge is 0.181 e. The van der Waals surface area contributed by atoms with Gasteiger partial charge in [-0.3, -0.25) is 4.90 Å². The number of oxazole rings is 1. The van der Waals surface area contributed by atoms with Gasteiger partial charge in [-0.15, -0.1) is 0 Å². The summed E-state index contributed by atoms with van der Waals surface area (Å²) in [7, 11) is 0.